The van der Waals surface area contributed by atoms with Crippen molar-refractivity contribution >= 4 is 0 Å². The summed E-state index contributed by atoms with van der Waals surface area (Å²) in [4.78, 5) is 0. The number of phenolic OH excluding ortho intramolecular Hbond substituents is 1. The molecule has 1 aliphatic rings. The lowest BCUT2D eigenvalue weighted by molar-refractivity contribution is 0.0157. The van der Waals surface area contributed by atoms with Crippen molar-refractivity contribution in [2.75, 3.05) is 0 Å². The second-order valence-electron chi connectivity index (χ2n) is 9.43. The second-order valence-corrected chi connectivity index (χ2v) is 9.43. The molecule has 1 saturated carbocycles. The minimum Gasteiger partial charge on any atom is -0.508 e. The van der Waals surface area contributed by atoms with Crippen molar-refractivity contribution in [1.29, 1.82) is 0 Å². The lowest BCUT2D eigenvalue weighted by Crippen LogP contribution is -2.17. The van der Waals surface area contributed by atoms with Crippen molar-refractivity contribution in [2.45, 2.75) is 143 Å². The molecule has 0 saturated heterocycles. The number of benzene rings is 1. The maximum absolute atomic E-state index is 11.0. The maximum Gasteiger partial charge on any atom is 0.121 e. The molecular formula is C28H48O2. The fourth-order valence-electron chi connectivity index (χ4n) is 4.97. The van der Waals surface area contributed by atoms with Gasteiger partial charge in [0.1, 0.15) is 5.75 Å². The Balaban J connectivity index is 2.28. The van der Waals surface area contributed by atoms with Gasteiger partial charge in [0.15, 0.2) is 0 Å². The minimum atomic E-state index is 0.384. The van der Waals surface area contributed by atoms with Crippen LogP contribution in [0.5, 0.6) is 5.75 Å². The maximum atomic E-state index is 11.0. The number of hydrogen-bond donors (Lipinski definition) is 1. The highest BCUT2D eigenvalue weighted by Gasteiger charge is 2.20. The van der Waals surface area contributed by atoms with Gasteiger partial charge in [0, 0.05) is 5.56 Å². The highest BCUT2D eigenvalue weighted by atomic mass is 16.5. The zero-order valence-electron chi connectivity index (χ0n) is 20.2. The van der Waals surface area contributed by atoms with Crippen LogP contribution < -0.4 is 0 Å². The number of hydrogen-bond acceptors (Lipinski definition) is 2. The molecule has 0 amide bonds. The Morgan fingerprint density at radius 1 is 0.733 bits per heavy atom. The van der Waals surface area contributed by atoms with Crippen LogP contribution in [0.4, 0.5) is 0 Å². The van der Waals surface area contributed by atoms with Gasteiger partial charge in [-0.2, -0.15) is 0 Å². The number of ether oxygens (including phenoxy) is 1. The Morgan fingerprint density at radius 3 is 1.90 bits per heavy atom. The van der Waals surface area contributed by atoms with E-state index in [-0.39, 0.29) is 0 Å². The van der Waals surface area contributed by atoms with E-state index < -0.39 is 0 Å². The SMILES string of the molecule is CCCCCc1cc(O)c(COC2CCCCC2)c(CCCCC)c1CCCCC. The molecule has 0 spiro atoms. The number of aromatic hydroxyl groups is 1. The van der Waals surface area contributed by atoms with E-state index in [0.29, 0.717) is 18.5 Å². The summed E-state index contributed by atoms with van der Waals surface area (Å²) in [6, 6.07) is 2.10. The van der Waals surface area contributed by atoms with Crippen LogP contribution in [0.2, 0.25) is 0 Å². The van der Waals surface area contributed by atoms with Crippen molar-refractivity contribution in [3.05, 3.63) is 28.3 Å². The van der Waals surface area contributed by atoms with Gasteiger partial charge >= 0.3 is 0 Å². The molecule has 1 aromatic rings. The standard InChI is InChI=1S/C28H48O2/c1-4-7-11-16-23-21-28(29)27(22-30-24-17-14-10-15-18-24)26(20-13-9-6-3)25(23)19-12-8-5-2/h21,24,29H,4-20,22H2,1-3H3. The molecule has 0 atom stereocenters. The summed E-state index contributed by atoms with van der Waals surface area (Å²) in [5.74, 6) is 0.489. The first-order valence-corrected chi connectivity index (χ1v) is 13.2. The minimum absolute atomic E-state index is 0.384. The molecule has 1 N–H and O–H groups in total. The lowest BCUT2D eigenvalue weighted by Gasteiger charge is -2.25. The van der Waals surface area contributed by atoms with Gasteiger partial charge in [0.05, 0.1) is 12.7 Å². The van der Waals surface area contributed by atoms with Crippen LogP contribution >= 0.6 is 0 Å². The zero-order chi connectivity index (χ0) is 21.6. The Kier molecular flexibility index (Phi) is 12.5. The lowest BCUT2D eigenvalue weighted by atomic mass is 9.86. The molecule has 0 heterocycles. The molecule has 1 aromatic carbocycles. The van der Waals surface area contributed by atoms with Crippen LogP contribution in [-0.2, 0) is 30.6 Å². The average molecular weight is 417 g/mol. The van der Waals surface area contributed by atoms with Gasteiger partial charge in [-0.25, -0.2) is 0 Å². The molecular weight excluding hydrogens is 368 g/mol. The third-order valence-electron chi connectivity index (χ3n) is 6.86. The summed E-state index contributed by atoms with van der Waals surface area (Å²) < 4.78 is 6.36. The van der Waals surface area contributed by atoms with Crippen molar-refractivity contribution < 1.29 is 9.84 Å². The van der Waals surface area contributed by atoms with E-state index in [2.05, 4.69) is 26.8 Å². The van der Waals surface area contributed by atoms with Crippen LogP contribution in [0.1, 0.15) is 133 Å². The zero-order valence-corrected chi connectivity index (χ0v) is 20.2. The first-order chi connectivity index (χ1) is 14.7. The van der Waals surface area contributed by atoms with Crippen LogP contribution in [0.3, 0.4) is 0 Å². The van der Waals surface area contributed by atoms with Crippen molar-refractivity contribution in [3.8, 4) is 5.75 Å². The van der Waals surface area contributed by atoms with Gasteiger partial charge in [-0.1, -0.05) is 78.6 Å². The van der Waals surface area contributed by atoms with Crippen molar-refractivity contribution in [2.24, 2.45) is 0 Å². The van der Waals surface area contributed by atoms with Gasteiger partial charge in [-0.3, -0.25) is 0 Å². The van der Waals surface area contributed by atoms with Gasteiger partial charge < -0.3 is 9.84 Å². The summed E-state index contributed by atoms with van der Waals surface area (Å²) in [5.41, 5.74) is 5.49. The molecule has 0 aromatic heterocycles. The highest BCUT2D eigenvalue weighted by molar-refractivity contribution is 5.49. The largest absolute Gasteiger partial charge is 0.508 e. The number of aryl methyl sites for hydroxylation is 1. The van der Waals surface area contributed by atoms with E-state index in [1.165, 1.54) is 101 Å². The molecule has 2 rings (SSSR count). The van der Waals surface area contributed by atoms with Crippen molar-refractivity contribution in [3.63, 3.8) is 0 Å². The van der Waals surface area contributed by atoms with Gasteiger partial charge in [-0.05, 0) is 74.1 Å². The van der Waals surface area contributed by atoms with E-state index in [4.69, 9.17) is 4.74 Å². The fourth-order valence-corrected chi connectivity index (χ4v) is 4.97. The molecule has 1 fully saturated rings. The predicted molar refractivity (Wildman–Crippen MR) is 129 cm³/mol. The van der Waals surface area contributed by atoms with Crippen molar-refractivity contribution in [1.82, 2.24) is 0 Å². The quantitative estimate of drug-likeness (QED) is 0.291. The van der Waals surface area contributed by atoms with E-state index in [1.807, 2.05) is 0 Å². The fraction of sp³-hybridized carbons (Fsp3) is 0.786. The summed E-state index contributed by atoms with van der Waals surface area (Å²) in [7, 11) is 0. The Bertz CT molecular complexity index is 587. The molecule has 0 bridgehead atoms. The smallest absolute Gasteiger partial charge is 0.121 e. The van der Waals surface area contributed by atoms with E-state index in [9.17, 15) is 5.11 Å². The summed E-state index contributed by atoms with van der Waals surface area (Å²) in [6.45, 7) is 7.41. The van der Waals surface area contributed by atoms with Crippen LogP contribution in [-0.4, -0.2) is 11.2 Å². The van der Waals surface area contributed by atoms with Crippen LogP contribution in [0, 0.1) is 0 Å². The van der Waals surface area contributed by atoms with Gasteiger partial charge in [0.2, 0.25) is 0 Å². The van der Waals surface area contributed by atoms with Crippen LogP contribution in [0.15, 0.2) is 6.07 Å². The summed E-state index contributed by atoms with van der Waals surface area (Å²) in [6.07, 6.45) is 21.3. The molecule has 0 aliphatic heterocycles. The monoisotopic (exact) mass is 416 g/mol. The third kappa shape index (κ3) is 8.25. The average Bonchev–Trinajstić information content (AvgIpc) is 2.76. The molecule has 1 aliphatic carbocycles. The Labute approximate surface area is 186 Å². The number of rotatable bonds is 15. The second kappa shape index (κ2) is 14.9. The third-order valence-corrected chi connectivity index (χ3v) is 6.86. The first kappa shape index (κ1) is 25.2. The van der Waals surface area contributed by atoms with E-state index in [1.54, 1.807) is 5.56 Å². The molecule has 2 heteroatoms. The highest BCUT2D eigenvalue weighted by Crippen LogP contribution is 2.34. The molecule has 172 valence electrons. The molecule has 0 radical (unpaired) electrons. The summed E-state index contributed by atoms with van der Waals surface area (Å²) >= 11 is 0. The van der Waals surface area contributed by atoms with E-state index >= 15 is 0 Å². The Hall–Kier alpha value is -1.02. The molecule has 0 unspecified atom stereocenters. The topological polar surface area (TPSA) is 29.5 Å². The predicted octanol–water partition coefficient (Wildman–Crippen LogP) is 8.44. The van der Waals surface area contributed by atoms with Crippen LogP contribution in [0.25, 0.3) is 0 Å². The van der Waals surface area contributed by atoms with Gasteiger partial charge in [0.25, 0.3) is 0 Å². The molecule has 2 nitrogen and oxygen atoms in total. The van der Waals surface area contributed by atoms with E-state index in [0.717, 1.165) is 24.8 Å². The van der Waals surface area contributed by atoms with Gasteiger partial charge in [-0.15, -0.1) is 0 Å². The summed E-state index contributed by atoms with van der Waals surface area (Å²) in [5, 5.41) is 11.0. The Morgan fingerprint density at radius 2 is 1.30 bits per heavy atom. The number of phenols is 1. The normalized spacial score (nSPS) is 15.0. The molecule has 30 heavy (non-hydrogen) atoms. The first-order valence-electron chi connectivity index (χ1n) is 13.2. The number of unbranched alkanes of at least 4 members (excludes halogenated alkanes) is 6.